The smallest absolute Gasteiger partial charge is 0.0455 e. The molecule has 0 aliphatic heterocycles. The molecule has 4 aromatic rings. The van der Waals surface area contributed by atoms with Gasteiger partial charge in [-0.05, 0) is 78.6 Å². The number of fused-ring (bicyclic) bond motifs is 4. The Labute approximate surface area is 245 Å². The molecule has 0 amide bonds. The first-order chi connectivity index (χ1) is 19.6. The van der Waals surface area contributed by atoms with Crippen LogP contribution in [0.3, 0.4) is 0 Å². The molecule has 0 aromatic heterocycles. The van der Waals surface area contributed by atoms with Crippen LogP contribution in [0.25, 0.3) is 27.5 Å². The Kier molecular flexibility index (Phi) is 5.59. The molecule has 1 unspecified atom stereocenters. The van der Waals surface area contributed by atoms with E-state index in [1.807, 2.05) is 0 Å². The van der Waals surface area contributed by atoms with Gasteiger partial charge in [-0.1, -0.05) is 157 Å². The average molecular weight is 533 g/mol. The third-order valence-corrected chi connectivity index (χ3v) is 10.0. The van der Waals surface area contributed by atoms with Gasteiger partial charge in [0.2, 0.25) is 0 Å². The molecule has 0 saturated carbocycles. The summed E-state index contributed by atoms with van der Waals surface area (Å²) < 4.78 is 0. The molecule has 1 atom stereocenters. The minimum atomic E-state index is -0.304. The summed E-state index contributed by atoms with van der Waals surface area (Å²) in [5, 5.41) is 2.58. The Bertz CT molecular complexity index is 1810. The Balaban J connectivity index is 1.43. The van der Waals surface area contributed by atoms with Crippen LogP contribution >= 0.6 is 0 Å². The molecule has 7 rings (SSSR count). The zero-order valence-corrected chi connectivity index (χ0v) is 25.3. The van der Waals surface area contributed by atoms with E-state index >= 15 is 0 Å². The van der Waals surface area contributed by atoms with Crippen LogP contribution in [0, 0.1) is 10.8 Å². The van der Waals surface area contributed by atoms with E-state index in [9.17, 15) is 0 Å². The van der Waals surface area contributed by atoms with Crippen molar-refractivity contribution < 1.29 is 0 Å². The van der Waals surface area contributed by atoms with Gasteiger partial charge in [-0.3, -0.25) is 0 Å². The predicted octanol–water partition coefficient (Wildman–Crippen LogP) is 10.8. The van der Waals surface area contributed by atoms with E-state index in [-0.39, 0.29) is 21.7 Å². The Morgan fingerprint density at radius 2 is 1.34 bits per heavy atom. The normalized spacial score (nSPS) is 20.5. The lowest BCUT2D eigenvalue weighted by atomic mass is 9.47. The molecule has 3 aliphatic carbocycles. The van der Waals surface area contributed by atoms with Crippen LogP contribution in [-0.4, -0.2) is 0 Å². The summed E-state index contributed by atoms with van der Waals surface area (Å²) in [7, 11) is 0. The molecule has 0 heteroatoms. The second-order valence-electron chi connectivity index (χ2n) is 14.3. The van der Waals surface area contributed by atoms with Crippen LogP contribution in [0.15, 0.2) is 121 Å². The molecule has 0 N–H and O–H groups in total. The summed E-state index contributed by atoms with van der Waals surface area (Å²) >= 11 is 0. The minimum absolute atomic E-state index is 0.0654. The van der Waals surface area contributed by atoms with Gasteiger partial charge < -0.3 is 0 Å². The van der Waals surface area contributed by atoms with Crippen LogP contribution in [0.2, 0.25) is 0 Å². The van der Waals surface area contributed by atoms with Crippen LogP contribution in [0.1, 0.15) is 69.4 Å². The second kappa shape index (κ2) is 8.80. The maximum absolute atomic E-state index is 2.51. The van der Waals surface area contributed by atoms with Gasteiger partial charge in [-0.2, -0.15) is 0 Å². The van der Waals surface area contributed by atoms with Gasteiger partial charge in [-0.15, -0.1) is 0 Å². The third kappa shape index (κ3) is 3.66. The average Bonchev–Trinajstić information content (AvgIpc) is 3.69. The fourth-order valence-corrected chi connectivity index (χ4v) is 7.99. The Morgan fingerprint density at radius 1 is 0.610 bits per heavy atom. The molecule has 41 heavy (non-hydrogen) atoms. The van der Waals surface area contributed by atoms with Gasteiger partial charge in [-0.25, -0.2) is 0 Å². The van der Waals surface area contributed by atoms with Crippen molar-refractivity contribution in [3.05, 3.63) is 149 Å². The van der Waals surface area contributed by atoms with Crippen LogP contribution in [-0.2, 0) is 17.3 Å². The fraction of sp³-hybridized carbons (Fsp3) is 0.268. The van der Waals surface area contributed by atoms with E-state index in [0.29, 0.717) is 0 Å². The van der Waals surface area contributed by atoms with Gasteiger partial charge in [0, 0.05) is 10.8 Å². The summed E-state index contributed by atoms with van der Waals surface area (Å²) in [4.78, 5) is 0. The maximum atomic E-state index is 2.51. The maximum Gasteiger partial charge on any atom is 0.0455 e. The van der Waals surface area contributed by atoms with Crippen molar-refractivity contribution in [1.29, 1.82) is 0 Å². The SMILES string of the molecule is CC(C)(C)c1ccc2c(c1)Cc1c(C3=CC=CC3(C(C)(C)C)C3(c4ccc5ccccc5c4)C=CC=C3)cccc1-2. The van der Waals surface area contributed by atoms with E-state index in [1.54, 1.807) is 0 Å². The topological polar surface area (TPSA) is 0 Å². The van der Waals surface area contributed by atoms with E-state index in [4.69, 9.17) is 0 Å². The van der Waals surface area contributed by atoms with Crippen LogP contribution < -0.4 is 0 Å². The largest absolute Gasteiger partial charge is 0.0719 e. The van der Waals surface area contributed by atoms with Gasteiger partial charge in [0.15, 0.2) is 0 Å². The summed E-state index contributed by atoms with van der Waals surface area (Å²) in [6, 6.07) is 29.9. The number of allylic oxidation sites excluding steroid dienone is 8. The molecule has 0 fully saturated rings. The molecule has 0 bridgehead atoms. The first-order valence-corrected chi connectivity index (χ1v) is 15.1. The summed E-state index contributed by atoms with van der Waals surface area (Å²) in [6.07, 6.45) is 17.7. The molecule has 0 heterocycles. The third-order valence-electron chi connectivity index (χ3n) is 10.0. The first-order valence-electron chi connectivity index (χ1n) is 15.1. The minimum Gasteiger partial charge on any atom is -0.0719 e. The van der Waals surface area contributed by atoms with Crippen molar-refractivity contribution >= 4 is 16.3 Å². The number of benzene rings is 4. The highest BCUT2D eigenvalue weighted by atomic mass is 14.6. The Hall–Kier alpha value is -3.90. The standard InChI is InChI=1S/C41H40/c1-38(2,3)31-20-21-33-30(26-31)27-36-34(33)15-11-16-35(36)37-17-12-24-41(37,39(4,5)6)40(22-9-10-23-40)32-19-18-28-13-7-8-14-29(28)25-32/h7-26H,27H2,1-6H3. The number of hydrogen-bond acceptors (Lipinski definition) is 0. The van der Waals surface area contributed by atoms with Gasteiger partial charge in [0.05, 0.1) is 0 Å². The molecule has 3 aliphatic rings. The quantitative estimate of drug-likeness (QED) is 0.217. The lowest BCUT2D eigenvalue weighted by Gasteiger charge is -2.54. The van der Waals surface area contributed by atoms with Crippen molar-refractivity contribution in [2.75, 3.05) is 0 Å². The molecule has 204 valence electrons. The highest BCUT2D eigenvalue weighted by molar-refractivity contribution is 5.90. The molecular formula is C41H40. The highest BCUT2D eigenvalue weighted by Crippen LogP contribution is 2.65. The lowest BCUT2D eigenvalue weighted by Crippen LogP contribution is -2.50. The van der Waals surface area contributed by atoms with Gasteiger partial charge in [0.1, 0.15) is 0 Å². The summed E-state index contributed by atoms with van der Waals surface area (Å²) in [5.74, 6) is 0. The zero-order valence-electron chi connectivity index (χ0n) is 25.3. The number of hydrogen-bond donors (Lipinski definition) is 0. The molecule has 0 radical (unpaired) electrons. The van der Waals surface area contributed by atoms with Gasteiger partial charge in [0.25, 0.3) is 0 Å². The van der Waals surface area contributed by atoms with Gasteiger partial charge >= 0.3 is 0 Å². The molecule has 0 spiro atoms. The lowest BCUT2D eigenvalue weighted by molar-refractivity contribution is 0.161. The van der Waals surface area contributed by atoms with Crippen molar-refractivity contribution in [3.63, 3.8) is 0 Å². The van der Waals surface area contributed by atoms with Crippen molar-refractivity contribution in [2.24, 2.45) is 10.8 Å². The van der Waals surface area contributed by atoms with Crippen molar-refractivity contribution in [3.8, 4) is 11.1 Å². The first kappa shape index (κ1) is 26.0. The van der Waals surface area contributed by atoms with E-state index in [1.165, 1.54) is 55.3 Å². The fourth-order valence-electron chi connectivity index (χ4n) is 7.99. The second-order valence-corrected chi connectivity index (χ2v) is 14.3. The van der Waals surface area contributed by atoms with Crippen LogP contribution in [0.4, 0.5) is 0 Å². The van der Waals surface area contributed by atoms with Crippen LogP contribution in [0.5, 0.6) is 0 Å². The number of rotatable bonds is 3. The molecule has 0 nitrogen and oxygen atoms in total. The zero-order chi connectivity index (χ0) is 28.6. The summed E-state index contributed by atoms with van der Waals surface area (Å²) in [6.45, 7) is 14.2. The Morgan fingerprint density at radius 3 is 2.07 bits per heavy atom. The van der Waals surface area contributed by atoms with E-state index in [2.05, 4.69) is 163 Å². The molecule has 4 aromatic carbocycles. The molecular weight excluding hydrogens is 492 g/mol. The highest BCUT2D eigenvalue weighted by Gasteiger charge is 2.58. The predicted molar refractivity (Wildman–Crippen MR) is 176 cm³/mol. The van der Waals surface area contributed by atoms with E-state index < -0.39 is 0 Å². The van der Waals surface area contributed by atoms with E-state index in [0.717, 1.165) is 6.42 Å². The molecule has 0 saturated heterocycles. The van der Waals surface area contributed by atoms with Crippen molar-refractivity contribution in [1.82, 2.24) is 0 Å². The van der Waals surface area contributed by atoms with Crippen molar-refractivity contribution in [2.45, 2.75) is 58.8 Å². The monoisotopic (exact) mass is 532 g/mol. The summed E-state index contributed by atoms with van der Waals surface area (Å²) in [5.41, 5.74) is 10.8.